The maximum absolute atomic E-state index is 12.9. The molecule has 4 N–H and O–H groups in total. The van der Waals surface area contributed by atoms with Crippen molar-refractivity contribution in [1.82, 2.24) is 25.1 Å². The van der Waals surface area contributed by atoms with Crippen molar-refractivity contribution in [1.29, 1.82) is 1.28 Å². The van der Waals surface area contributed by atoms with Gasteiger partial charge in [-0.05, 0) is 55.6 Å². The zero-order valence-corrected chi connectivity index (χ0v) is 26.6. The van der Waals surface area contributed by atoms with E-state index in [9.17, 15) is 24.3 Å². The third-order valence-electron chi connectivity index (χ3n) is 8.01. The van der Waals surface area contributed by atoms with Crippen LogP contribution in [-0.2, 0) is 25.4 Å². The van der Waals surface area contributed by atoms with Gasteiger partial charge in [-0.3, -0.25) is 28.8 Å². The third-order valence-corrected chi connectivity index (χ3v) is 8.18. The van der Waals surface area contributed by atoms with Crippen molar-refractivity contribution >= 4 is 33.4 Å². The Balaban J connectivity index is 1.26. The molecule has 2 aliphatic rings. The maximum atomic E-state index is 12.9. The molecule has 2 saturated heterocycles. The summed E-state index contributed by atoms with van der Waals surface area (Å²) in [6.45, 7) is 4.66. The van der Waals surface area contributed by atoms with E-state index in [-0.39, 0.29) is 43.0 Å². The lowest BCUT2D eigenvalue weighted by Crippen LogP contribution is -2.49. The summed E-state index contributed by atoms with van der Waals surface area (Å²) in [5, 5.41) is 16.0. The molecule has 2 aliphatic heterocycles. The fourth-order valence-electron chi connectivity index (χ4n) is 5.56. The minimum Gasteiger partial charge on any atom is -0.390 e. The summed E-state index contributed by atoms with van der Waals surface area (Å²) < 4.78 is 19.0. The SMILES string of the molecule is [3H]POCC1OC(n2cc(/C=C/CNC(=O)/C=C/c3cccc(CNC(=O)C4CCCCN4CCCC)c3)c(=O)[nH]c2=O)CC1O. The summed E-state index contributed by atoms with van der Waals surface area (Å²) in [7, 11) is -0.500. The van der Waals surface area contributed by atoms with E-state index in [1.54, 1.807) is 12.2 Å². The standard InChI is InChI=1S/C32H44N5O7P/c1-2-3-15-36-16-5-4-11-25(36)31(41)34-19-23-9-6-8-22(17-23)12-13-28(39)33-14-7-10-24-20-37(32(42)35-30(24)40)29-18-26(38)27(44-29)21-43-45/h6-10,12-13,17,20,25-27,29,38H,2-5,11,14-16,18-19,21,45H2,1H3,(H,33,39)(H,34,41)(H,35,40,42)/b10-7+,13-12+/i45T. The fourth-order valence-corrected chi connectivity index (χ4v) is 5.72. The highest BCUT2D eigenvalue weighted by molar-refractivity contribution is 7.09. The van der Waals surface area contributed by atoms with E-state index in [0.717, 1.165) is 56.3 Å². The first-order valence-corrected chi connectivity index (χ1v) is 15.9. The van der Waals surface area contributed by atoms with Crippen LogP contribution in [0.1, 0.15) is 68.4 Å². The van der Waals surface area contributed by atoms with Crippen LogP contribution in [0.4, 0.5) is 0 Å². The number of nitrogens with one attached hydrogen (secondary N) is 3. The lowest BCUT2D eigenvalue weighted by Gasteiger charge is -2.34. The van der Waals surface area contributed by atoms with Gasteiger partial charge in [-0.1, -0.05) is 50.1 Å². The highest BCUT2D eigenvalue weighted by Gasteiger charge is 2.35. The number of rotatable bonds is 15. The second-order valence-corrected chi connectivity index (χ2v) is 11.6. The van der Waals surface area contributed by atoms with Crippen molar-refractivity contribution in [3.8, 4) is 0 Å². The summed E-state index contributed by atoms with van der Waals surface area (Å²) in [5.41, 5.74) is 0.668. The molecule has 1 aromatic carbocycles. The lowest BCUT2D eigenvalue weighted by atomic mass is 10.0. The van der Waals surface area contributed by atoms with Gasteiger partial charge in [0.1, 0.15) is 12.3 Å². The Morgan fingerprint density at radius 1 is 1.27 bits per heavy atom. The number of ether oxygens (including phenoxy) is 1. The molecule has 0 spiro atoms. The summed E-state index contributed by atoms with van der Waals surface area (Å²) in [5.74, 6) is -0.266. The van der Waals surface area contributed by atoms with Crippen molar-refractivity contribution in [2.45, 2.75) is 76.5 Å². The van der Waals surface area contributed by atoms with Crippen LogP contribution in [0.15, 0.2) is 52.2 Å². The van der Waals surface area contributed by atoms with Gasteiger partial charge in [-0.2, -0.15) is 0 Å². The molecule has 1 aromatic heterocycles. The largest absolute Gasteiger partial charge is 0.390 e. The highest BCUT2D eigenvalue weighted by Crippen LogP contribution is 2.28. The molecule has 2 aromatic rings. The number of aliphatic hydroxyl groups excluding tert-OH is 1. The number of H-pyrrole nitrogens is 1. The summed E-state index contributed by atoms with van der Waals surface area (Å²) >= 11 is 0. The van der Waals surface area contributed by atoms with Gasteiger partial charge in [0.15, 0.2) is 0 Å². The maximum Gasteiger partial charge on any atom is 0.330 e. The molecule has 5 atom stereocenters. The number of hydrogen-bond donors (Lipinski definition) is 4. The van der Waals surface area contributed by atoms with Gasteiger partial charge in [0.25, 0.3) is 5.56 Å². The first kappa shape index (κ1) is 33.0. The van der Waals surface area contributed by atoms with Crippen LogP contribution in [-0.4, -0.2) is 77.1 Å². The van der Waals surface area contributed by atoms with E-state index < -0.39 is 39.1 Å². The van der Waals surface area contributed by atoms with Crippen molar-refractivity contribution in [2.75, 3.05) is 26.2 Å². The van der Waals surface area contributed by atoms with Crippen LogP contribution in [0, 0.1) is 0 Å². The van der Waals surface area contributed by atoms with E-state index in [4.69, 9.17) is 10.5 Å². The summed E-state index contributed by atoms with van der Waals surface area (Å²) in [4.78, 5) is 54.6. The van der Waals surface area contributed by atoms with Crippen LogP contribution in [0.2, 0.25) is 0 Å². The first-order valence-electron chi connectivity index (χ1n) is 16.0. The highest BCUT2D eigenvalue weighted by atomic mass is 31.0. The van der Waals surface area contributed by atoms with Gasteiger partial charge in [-0.25, -0.2) is 4.79 Å². The number of aromatic nitrogens is 2. The molecular formula is C32H44N5O7P. The Kier molecular flexibility index (Phi) is 12.7. The molecule has 3 heterocycles. The number of aromatic amines is 1. The zero-order chi connectivity index (χ0) is 32.9. The van der Waals surface area contributed by atoms with Gasteiger partial charge in [0.2, 0.25) is 11.8 Å². The molecule has 45 heavy (non-hydrogen) atoms. The quantitative estimate of drug-likeness (QED) is 0.170. The van der Waals surface area contributed by atoms with Crippen molar-refractivity contribution in [3.63, 3.8) is 0 Å². The molecule has 2 fully saturated rings. The number of carbonyl (C=O) groups excluding carboxylic acids is 2. The number of hydrogen-bond acceptors (Lipinski definition) is 8. The number of amides is 2. The molecule has 5 unspecified atom stereocenters. The smallest absolute Gasteiger partial charge is 0.330 e. The van der Waals surface area contributed by atoms with Crippen LogP contribution in [0.25, 0.3) is 12.2 Å². The predicted molar refractivity (Wildman–Crippen MR) is 175 cm³/mol. The molecule has 244 valence electrons. The number of piperidine rings is 1. The van der Waals surface area contributed by atoms with Gasteiger partial charge in [0, 0.05) is 41.2 Å². The van der Waals surface area contributed by atoms with Crippen molar-refractivity contribution < 1.29 is 24.0 Å². The van der Waals surface area contributed by atoms with E-state index in [0.29, 0.717) is 6.54 Å². The second kappa shape index (κ2) is 17.3. The molecule has 0 aliphatic carbocycles. The molecular weight excluding hydrogens is 597 g/mol. The number of aliphatic hydroxyl groups is 1. The second-order valence-electron chi connectivity index (χ2n) is 11.3. The molecule has 0 radical (unpaired) electrons. The van der Waals surface area contributed by atoms with Gasteiger partial charge in [0.05, 0.1) is 25.6 Å². The zero-order valence-electron chi connectivity index (χ0n) is 26.6. The Morgan fingerprint density at radius 3 is 2.96 bits per heavy atom. The van der Waals surface area contributed by atoms with Crippen LogP contribution < -0.4 is 21.9 Å². The number of unbranched alkanes of at least 4 members (excludes halogenated alkanes) is 1. The summed E-state index contributed by atoms with van der Waals surface area (Å²) in [6, 6.07) is 7.56. The minimum atomic E-state index is -0.876. The first-order chi connectivity index (χ1) is 22.3. The molecule has 4 rings (SSSR count). The van der Waals surface area contributed by atoms with E-state index >= 15 is 0 Å². The Hall–Kier alpha value is -3.41. The topological polar surface area (TPSA) is 155 Å². The van der Waals surface area contributed by atoms with Crippen LogP contribution in [0.5, 0.6) is 0 Å². The van der Waals surface area contributed by atoms with Crippen molar-refractivity contribution in [3.05, 3.63) is 80.1 Å². The average Bonchev–Trinajstić information content (AvgIpc) is 3.43. The molecule has 12 nitrogen and oxygen atoms in total. The third kappa shape index (κ3) is 10.0. The number of nitrogens with zero attached hydrogens (tertiary/aromatic N) is 2. The number of benzene rings is 1. The fraction of sp³-hybridized carbons (Fsp3) is 0.500. The Morgan fingerprint density at radius 2 is 2.13 bits per heavy atom. The van der Waals surface area contributed by atoms with Gasteiger partial charge >= 0.3 is 5.69 Å². The van der Waals surface area contributed by atoms with Crippen molar-refractivity contribution in [2.24, 2.45) is 0 Å². The molecule has 0 bridgehead atoms. The normalized spacial score (nSPS) is 22.8. The average molecular weight is 644 g/mol. The number of carbonyl (C=O) groups is 2. The molecule has 0 saturated carbocycles. The van der Waals surface area contributed by atoms with E-state index in [1.165, 1.54) is 22.9 Å². The summed E-state index contributed by atoms with van der Waals surface area (Å²) in [6.07, 6.45) is 10.6. The minimum absolute atomic E-state index is 0.0286. The van der Waals surface area contributed by atoms with Gasteiger partial charge < -0.3 is 25.0 Å². The predicted octanol–water partition coefficient (Wildman–Crippen LogP) is 2.11. The van der Waals surface area contributed by atoms with E-state index in [2.05, 4.69) is 27.4 Å². The lowest BCUT2D eigenvalue weighted by molar-refractivity contribution is -0.127. The van der Waals surface area contributed by atoms with Gasteiger partial charge in [-0.15, -0.1) is 0 Å². The Labute approximate surface area is 266 Å². The molecule has 2 amide bonds. The monoisotopic (exact) mass is 643 g/mol. The van der Waals surface area contributed by atoms with Crippen LogP contribution >= 0.6 is 9.41 Å². The molecule has 13 heteroatoms. The van der Waals surface area contributed by atoms with Crippen LogP contribution in [0.3, 0.4) is 0 Å². The number of likely N-dealkylation sites (tertiary alicyclic amines) is 1. The Bertz CT molecular complexity index is 1500. The van der Waals surface area contributed by atoms with E-state index in [1.807, 2.05) is 24.3 Å².